The fourth-order valence-electron chi connectivity index (χ4n) is 4.82. The van der Waals surface area contributed by atoms with Crippen molar-refractivity contribution in [2.24, 2.45) is 0 Å². The summed E-state index contributed by atoms with van der Waals surface area (Å²) in [7, 11) is 0. The number of benzene rings is 3. The monoisotopic (exact) mass is 582 g/mol. The van der Waals surface area contributed by atoms with Crippen LogP contribution < -0.4 is 0 Å². The number of carbonyl (C=O) groups excluding carboxylic acids is 4. The predicted octanol–water partition coefficient (Wildman–Crippen LogP) is 6.11. The molecule has 0 N–H and O–H groups in total. The summed E-state index contributed by atoms with van der Waals surface area (Å²) in [5.41, 5.74) is 0.389. The maximum absolute atomic E-state index is 13.8. The Morgan fingerprint density at radius 1 is 0.814 bits per heavy atom. The van der Waals surface area contributed by atoms with Crippen molar-refractivity contribution >= 4 is 30.0 Å². The molecule has 3 aromatic carbocycles. The third-order valence-electron chi connectivity index (χ3n) is 7.04. The molecule has 4 rings (SSSR count). The van der Waals surface area contributed by atoms with Crippen molar-refractivity contribution in [3.05, 3.63) is 126 Å². The molecule has 0 unspecified atom stereocenters. The molecule has 0 radical (unpaired) electrons. The number of hydrogen-bond acceptors (Lipinski definition) is 7. The highest BCUT2D eigenvalue weighted by molar-refractivity contribution is 6.10. The van der Waals surface area contributed by atoms with Gasteiger partial charge in [0.1, 0.15) is 13.2 Å². The molecule has 2 amide bonds. The molecular weight excluding hydrogens is 548 g/mol. The third-order valence-corrected chi connectivity index (χ3v) is 7.04. The van der Waals surface area contributed by atoms with Gasteiger partial charge in [-0.05, 0) is 36.1 Å². The lowest BCUT2D eigenvalue weighted by Crippen LogP contribution is -2.63. The standard InChI is InChI=1S/C34H34N2O7/c1-4-41-31(38)34(26(3)37)22-30(25(2)20-21-27-14-8-5-9-15-27)35(32(39)42-23-28-16-10-6-11-17-28)36(34)33(40)43-24-29-18-12-7-13-19-29/h5-21,30H,2,4,22-24H2,1,3H3/b21-20+/t30-,34+/m0/s1. The molecule has 1 aliphatic heterocycles. The average Bonchev–Trinajstić information content (AvgIpc) is 3.41. The van der Waals surface area contributed by atoms with Gasteiger partial charge in [-0.1, -0.05) is 110 Å². The van der Waals surface area contributed by atoms with E-state index in [4.69, 9.17) is 14.2 Å². The minimum Gasteiger partial charge on any atom is -0.464 e. The Kier molecular flexibility index (Phi) is 10.1. The molecular formula is C34H34N2O7. The SMILES string of the molecule is C=C(/C=C/c1ccccc1)[C@@H]1C[C@@](C(C)=O)(C(=O)OCC)N(C(=O)OCc2ccccc2)N1C(=O)OCc1ccccc1. The smallest absolute Gasteiger partial charge is 0.430 e. The number of Topliss-reactive ketones (excluding diaryl/α,β-unsaturated/α-hetero) is 1. The van der Waals surface area contributed by atoms with Crippen LogP contribution in [0, 0.1) is 0 Å². The van der Waals surface area contributed by atoms with Gasteiger partial charge in [0, 0.05) is 6.42 Å². The molecule has 0 saturated carbocycles. The van der Waals surface area contributed by atoms with Gasteiger partial charge in [0.05, 0.1) is 12.6 Å². The van der Waals surface area contributed by atoms with Gasteiger partial charge >= 0.3 is 18.2 Å². The van der Waals surface area contributed by atoms with Gasteiger partial charge in [0.2, 0.25) is 5.54 Å². The minimum atomic E-state index is -2.20. The first-order chi connectivity index (χ1) is 20.8. The molecule has 0 spiro atoms. The van der Waals surface area contributed by atoms with Gasteiger partial charge in [0.15, 0.2) is 5.78 Å². The summed E-state index contributed by atoms with van der Waals surface area (Å²) >= 11 is 0. The van der Waals surface area contributed by atoms with E-state index in [2.05, 4.69) is 6.58 Å². The van der Waals surface area contributed by atoms with E-state index < -0.39 is 35.5 Å². The number of ketones is 1. The molecule has 0 aromatic heterocycles. The summed E-state index contributed by atoms with van der Waals surface area (Å²) < 4.78 is 16.5. The van der Waals surface area contributed by atoms with E-state index in [-0.39, 0.29) is 26.2 Å². The van der Waals surface area contributed by atoms with Crippen molar-refractivity contribution in [3.8, 4) is 0 Å². The summed E-state index contributed by atoms with van der Waals surface area (Å²) in [5, 5.41) is 1.70. The maximum atomic E-state index is 13.8. The number of carbonyl (C=O) groups is 4. The van der Waals surface area contributed by atoms with Gasteiger partial charge in [-0.15, -0.1) is 0 Å². The molecule has 0 aliphatic carbocycles. The van der Waals surface area contributed by atoms with E-state index in [0.29, 0.717) is 16.7 Å². The van der Waals surface area contributed by atoms with E-state index in [1.165, 1.54) is 6.92 Å². The summed E-state index contributed by atoms with van der Waals surface area (Å²) in [6, 6.07) is 26.2. The highest BCUT2D eigenvalue weighted by atomic mass is 16.6. The predicted molar refractivity (Wildman–Crippen MR) is 160 cm³/mol. The van der Waals surface area contributed by atoms with E-state index in [9.17, 15) is 19.2 Å². The minimum absolute atomic E-state index is 0.0568. The van der Waals surface area contributed by atoms with Crippen molar-refractivity contribution in [3.63, 3.8) is 0 Å². The van der Waals surface area contributed by atoms with E-state index in [0.717, 1.165) is 15.6 Å². The van der Waals surface area contributed by atoms with Crippen molar-refractivity contribution in [2.75, 3.05) is 6.61 Å². The van der Waals surface area contributed by atoms with Crippen LogP contribution >= 0.6 is 0 Å². The number of hydrazine groups is 1. The number of nitrogens with zero attached hydrogens (tertiary/aromatic N) is 2. The summed E-state index contributed by atoms with van der Waals surface area (Å²) in [6.45, 7) is 6.56. The second-order valence-electron chi connectivity index (χ2n) is 9.91. The normalized spacial score (nSPS) is 17.9. The Morgan fingerprint density at radius 3 is 1.84 bits per heavy atom. The van der Waals surface area contributed by atoms with Crippen LogP contribution in [0.15, 0.2) is 109 Å². The molecule has 1 aliphatic rings. The Bertz CT molecular complexity index is 1470. The largest absolute Gasteiger partial charge is 0.464 e. The lowest BCUT2D eigenvalue weighted by Gasteiger charge is -2.36. The third kappa shape index (κ3) is 7.01. The maximum Gasteiger partial charge on any atom is 0.430 e. The Morgan fingerprint density at radius 2 is 1.33 bits per heavy atom. The molecule has 43 heavy (non-hydrogen) atoms. The van der Waals surface area contributed by atoms with Crippen LogP contribution in [0.3, 0.4) is 0 Å². The molecule has 1 fully saturated rings. The fraction of sp³-hybridized carbons (Fsp3) is 0.235. The average molecular weight is 583 g/mol. The lowest BCUT2D eigenvalue weighted by molar-refractivity contribution is -0.165. The second-order valence-corrected chi connectivity index (χ2v) is 9.91. The number of hydrogen-bond donors (Lipinski definition) is 0. The zero-order valence-electron chi connectivity index (χ0n) is 24.2. The van der Waals surface area contributed by atoms with E-state index >= 15 is 0 Å². The summed E-state index contributed by atoms with van der Waals surface area (Å²) in [4.78, 5) is 54.6. The topological polar surface area (TPSA) is 102 Å². The Hall–Kier alpha value is -5.18. The van der Waals surface area contributed by atoms with Gasteiger partial charge in [-0.25, -0.2) is 19.4 Å². The van der Waals surface area contributed by atoms with Crippen LogP contribution in [0.25, 0.3) is 6.08 Å². The van der Waals surface area contributed by atoms with Gasteiger partial charge in [0.25, 0.3) is 0 Å². The number of rotatable bonds is 10. The van der Waals surface area contributed by atoms with Gasteiger partial charge < -0.3 is 14.2 Å². The fourth-order valence-corrected chi connectivity index (χ4v) is 4.82. The highest BCUT2D eigenvalue weighted by Gasteiger charge is 2.65. The first-order valence-corrected chi connectivity index (χ1v) is 13.9. The zero-order chi connectivity index (χ0) is 30.8. The molecule has 9 heteroatoms. The van der Waals surface area contributed by atoms with Gasteiger partial charge in [-0.2, -0.15) is 5.01 Å². The number of esters is 1. The quantitative estimate of drug-likeness (QED) is 0.123. The Labute approximate surface area is 250 Å². The van der Waals surface area contributed by atoms with Crippen molar-refractivity contribution in [1.29, 1.82) is 0 Å². The number of ether oxygens (including phenoxy) is 3. The van der Waals surface area contributed by atoms with Crippen molar-refractivity contribution in [2.45, 2.75) is 45.1 Å². The molecule has 3 aromatic rings. The molecule has 0 bridgehead atoms. The van der Waals surface area contributed by atoms with Gasteiger partial charge in [-0.3, -0.25) is 4.79 Å². The van der Waals surface area contributed by atoms with Crippen LogP contribution in [0.1, 0.15) is 37.0 Å². The summed E-state index contributed by atoms with van der Waals surface area (Å²) in [5.74, 6) is -1.69. The zero-order valence-corrected chi connectivity index (χ0v) is 24.2. The van der Waals surface area contributed by atoms with Crippen LogP contribution in [0.5, 0.6) is 0 Å². The van der Waals surface area contributed by atoms with Crippen LogP contribution in [-0.4, -0.2) is 52.1 Å². The molecule has 1 saturated heterocycles. The molecule has 1 heterocycles. The van der Waals surface area contributed by atoms with Crippen LogP contribution in [0.4, 0.5) is 9.59 Å². The molecule has 9 nitrogen and oxygen atoms in total. The van der Waals surface area contributed by atoms with Crippen molar-refractivity contribution in [1.82, 2.24) is 10.0 Å². The van der Waals surface area contributed by atoms with Crippen molar-refractivity contribution < 1.29 is 33.4 Å². The van der Waals surface area contributed by atoms with E-state index in [1.54, 1.807) is 67.6 Å². The summed E-state index contributed by atoms with van der Waals surface area (Å²) in [6.07, 6.45) is 1.09. The lowest BCUT2D eigenvalue weighted by atomic mass is 9.86. The highest BCUT2D eigenvalue weighted by Crippen LogP contribution is 2.41. The van der Waals surface area contributed by atoms with Crippen LogP contribution in [0.2, 0.25) is 0 Å². The first-order valence-electron chi connectivity index (χ1n) is 13.9. The van der Waals surface area contributed by atoms with E-state index in [1.807, 2.05) is 42.5 Å². The van der Waals surface area contributed by atoms with Crippen LogP contribution in [-0.2, 0) is 37.0 Å². The molecule has 2 atom stereocenters. The Balaban J connectivity index is 1.75. The number of amides is 2. The first kappa shape index (κ1) is 30.8. The second kappa shape index (κ2) is 14.1. The molecule has 222 valence electrons.